The lowest BCUT2D eigenvalue weighted by molar-refractivity contribution is 0.0234. The van der Waals surface area contributed by atoms with Gasteiger partial charge in [-0.25, -0.2) is 18.2 Å². The van der Waals surface area contributed by atoms with Crippen molar-refractivity contribution in [3.05, 3.63) is 54.1 Å². The van der Waals surface area contributed by atoms with Crippen LogP contribution in [0.4, 0.5) is 5.13 Å². The molecule has 0 aliphatic carbocycles. The van der Waals surface area contributed by atoms with Crippen molar-refractivity contribution >= 4 is 42.5 Å². The maximum Gasteiger partial charge on any atom is 0.338 e. The van der Waals surface area contributed by atoms with Crippen LogP contribution >= 0.6 is 11.3 Å². The number of esters is 1. The molecule has 0 saturated carbocycles. The number of hydrogen-bond acceptors (Lipinski definition) is 7. The zero-order valence-electron chi connectivity index (χ0n) is 14.7. The number of sulfone groups is 1. The highest BCUT2D eigenvalue weighted by Crippen LogP contribution is 2.31. The molecule has 3 aromatic rings. The quantitative estimate of drug-likeness (QED) is 0.610. The maximum absolute atomic E-state index is 12.3. The summed E-state index contributed by atoms with van der Waals surface area (Å²) in [6.07, 6.45) is -0.191. The molecule has 0 atom stereocenters. The van der Waals surface area contributed by atoms with E-state index in [4.69, 9.17) is 4.74 Å². The van der Waals surface area contributed by atoms with Crippen LogP contribution < -0.4 is 4.90 Å². The van der Waals surface area contributed by atoms with E-state index in [0.29, 0.717) is 18.7 Å². The summed E-state index contributed by atoms with van der Waals surface area (Å²) in [4.78, 5) is 19.2. The molecule has 0 spiro atoms. The lowest BCUT2D eigenvalue weighted by Crippen LogP contribution is -2.53. The summed E-state index contributed by atoms with van der Waals surface area (Å²) in [5, 5.41) is 0.928. The van der Waals surface area contributed by atoms with Crippen LogP contribution in [0.5, 0.6) is 0 Å². The van der Waals surface area contributed by atoms with Gasteiger partial charge >= 0.3 is 5.97 Å². The second-order valence-electron chi connectivity index (χ2n) is 6.32. The largest absolute Gasteiger partial charge is 0.455 e. The van der Waals surface area contributed by atoms with Gasteiger partial charge in [0.1, 0.15) is 6.10 Å². The van der Waals surface area contributed by atoms with Gasteiger partial charge in [0.2, 0.25) is 0 Å². The molecule has 1 aliphatic heterocycles. The number of carbonyl (C=O) groups excluding carboxylic acids is 1. The van der Waals surface area contributed by atoms with E-state index in [0.717, 1.165) is 15.3 Å². The van der Waals surface area contributed by atoms with Crippen LogP contribution in [0.1, 0.15) is 17.3 Å². The van der Waals surface area contributed by atoms with Gasteiger partial charge in [0.25, 0.3) is 0 Å². The molecular weight excluding hydrogens is 384 g/mol. The molecule has 8 heteroatoms. The minimum Gasteiger partial charge on any atom is -0.455 e. The van der Waals surface area contributed by atoms with E-state index in [1.165, 1.54) is 24.3 Å². The Hall–Kier alpha value is -2.45. The summed E-state index contributed by atoms with van der Waals surface area (Å²) in [6.45, 7) is 2.80. The van der Waals surface area contributed by atoms with Crippen molar-refractivity contribution in [2.45, 2.75) is 17.9 Å². The molecule has 140 valence electrons. The number of thiazole rings is 1. The van der Waals surface area contributed by atoms with Crippen molar-refractivity contribution in [1.82, 2.24) is 4.98 Å². The molecule has 0 N–H and O–H groups in total. The van der Waals surface area contributed by atoms with Crippen LogP contribution in [-0.2, 0) is 14.6 Å². The molecule has 2 heterocycles. The second-order valence-corrected chi connectivity index (χ2v) is 9.61. The van der Waals surface area contributed by atoms with Crippen molar-refractivity contribution < 1.29 is 17.9 Å². The summed E-state index contributed by atoms with van der Waals surface area (Å²) in [7, 11) is -3.27. The van der Waals surface area contributed by atoms with E-state index < -0.39 is 15.8 Å². The molecule has 0 radical (unpaired) electrons. The summed E-state index contributed by atoms with van der Waals surface area (Å²) in [5.74, 6) is -0.412. The summed E-state index contributed by atoms with van der Waals surface area (Å²) < 4.78 is 30.3. The van der Waals surface area contributed by atoms with Crippen molar-refractivity contribution in [2.24, 2.45) is 0 Å². The van der Waals surface area contributed by atoms with Crippen molar-refractivity contribution in [3.8, 4) is 0 Å². The number of hydrogen-bond donors (Lipinski definition) is 0. The van der Waals surface area contributed by atoms with Crippen LogP contribution in [0.25, 0.3) is 10.2 Å². The number of nitrogens with zero attached hydrogens (tertiary/aromatic N) is 2. The lowest BCUT2D eigenvalue weighted by atomic mass is 10.2. The molecule has 27 heavy (non-hydrogen) atoms. The topological polar surface area (TPSA) is 76.6 Å². The fourth-order valence-corrected chi connectivity index (χ4v) is 4.72. The third-order valence-corrected chi connectivity index (χ3v) is 7.35. The smallest absolute Gasteiger partial charge is 0.338 e. The Balaban J connectivity index is 1.36. The Bertz CT molecular complexity index is 1050. The molecule has 1 aromatic heterocycles. The van der Waals surface area contributed by atoms with Crippen LogP contribution in [0.15, 0.2) is 53.4 Å². The Morgan fingerprint density at radius 1 is 1.19 bits per heavy atom. The average Bonchev–Trinajstić information content (AvgIpc) is 3.07. The Morgan fingerprint density at radius 2 is 1.89 bits per heavy atom. The molecule has 1 fully saturated rings. The predicted octanol–water partition coefficient (Wildman–Crippen LogP) is 3.14. The molecule has 1 saturated heterocycles. The highest BCUT2D eigenvalue weighted by molar-refractivity contribution is 7.91. The normalized spacial score (nSPS) is 14.9. The average molecular weight is 402 g/mol. The van der Waals surface area contributed by atoms with Gasteiger partial charge in [-0.1, -0.05) is 30.4 Å². The van der Waals surface area contributed by atoms with Crippen LogP contribution in [0.2, 0.25) is 0 Å². The van der Waals surface area contributed by atoms with Gasteiger partial charge in [0, 0.05) is 0 Å². The number of rotatable bonds is 5. The van der Waals surface area contributed by atoms with Crippen LogP contribution in [0, 0.1) is 0 Å². The molecule has 4 rings (SSSR count). The first-order chi connectivity index (χ1) is 13.0. The van der Waals surface area contributed by atoms with Gasteiger partial charge in [-0.2, -0.15) is 0 Å². The van der Waals surface area contributed by atoms with Crippen LogP contribution in [-0.4, -0.2) is 44.3 Å². The Kier molecular flexibility index (Phi) is 4.61. The van der Waals surface area contributed by atoms with Gasteiger partial charge in [0.15, 0.2) is 15.0 Å². The second kappa shape index (κ2) is 6.94. The van der Waals surface area contributed by atoms with Gasteiger partial charge in [0.05, 0.1) is 39.5 Å². The van der Waals surface area contributed by atoms with E-state index in [2.05, 4.69) is 9.88 Å². The monoisotopic (exact) mass is 402 g/mol. The zero-order chi connectivity index (χ0) is 19.0. The molecule has 0 bridgehead atoms. The first-order valence-corrected chi connectivity index (χ1v) is 11.1. The SMILES string of the molecule is CCS(=O)(=O)c1ccc(C(=O)OC2CN(c3nc4ccccc4s3)C2)cc1. The number of carbonyl (C=O) groups is 1. The number of ether oxygens (including phenoxy) is 1. The van der Waals surface area contributed by atoms with Gasteiger partial charge in [-0.05, 0) is 36.4 Å². The molecule has 1 aliphatic rings. The molecule has 0 amide bonds. The fraction of sp³-hybridized carbons (Fsp3) is 0.263. The predicted molar refractivity (Wildman–Crippen MR) is 105 cm³/mol. The number of aromatic nitrogens is 1. The number of fused-ring (bicyclic) bond motifs is 1. The van der Waals surface area contributed by atoms with Gasteiger partial charge in [-0.3, -0.25) is 0 Å². The molecule has 0 unspecified atom stereocenters. The maximum atomic E-state index is 12.3. The summed E-state index contributed by atoms with van der Waals surface area (Å²) in [6, 6.07) is 13.9. The van der Waals surface area contributed by atoms with Gasteiger partial charge < -0.3 is 9.64 Å². The summed E-state index contributed by atoms with van der Waals surface area (Å²) in [5.41, 5.74) is 1.32. The minimum absolute atomic E-state index is 0.0282. The molecule has 6 nitrogen and oxygen atoms in total. The zero-order valence-corrected chi connectivity index (χ0v) is 16.3. The first kappa shape index (κ1) is 17.9. The lowest BCUT2D eigenvalue weighted by Gasteiger charge is -2.38. The number of anilines is 1. The van der Waals surface area contributed by atoms with Gasteiger partial charge in [-0.15, -0.1) is 0 Å². The summed E-state index contributed by atoms with van der Waals surface area (Å²) >= 11 is 1.62. The third-order valence-electron chi connectivity index (χ3n) is 4.50. The Labute approximate surface area is 161 Å². The third kappa shape index (κ3) is 3.54. The molecular formula is C19H18N2O4S2. The number of benzene rings is 2. The number of para-hydroxylation sites is 1. The minimum atomic E-state index is -3.27. The van der Waals surface area contributed by atoms with E-state index in [-0.39, 0.29) is 16.8 Å². The van der Waals surface area contributed by atoms with E-state index in [1.807, 2.05) is 24.3 Å². The van der Waals surface area contributed by atoms with Crippen molar-refractivity contribution in [3.63, 3.8) is 0 Å². The standard InChI is InChI=1S/C19H18N2O4S2/c1-2-27(23,24)15-9-7-13(8-10-15)18(22)25-14-11-21(12-14)19-20-16-5-3-4-6-17(16)26-19/h3-10,14H,2,11-12H2,1H3. The fourth-order valence-electron chi connectivity index (χ4n) is 2.85. The van der Waals surface area contributed by atoms with E-state index in [1.54, 1.807) is 18.3 Å². The van der Waals surface area contributed by atoms with Crippen molar-refractivity contribution in [2.75, 3.05) is 23.7 Å². The van der Waals surface area contributed by atoms with Crippen LogP contribution in [0.3, 0.4) is 0 Å². The first-order valence-electron chi connectivity index (χ1n) is 8.60. The van der Waals surface area contributed by atoms with Crippen molar-refractivity contribution in [1.29, 1.82) is 0 Å². The van der Waals surface area contributed by atoms with E-state index in [9.17, 15) is 13.2 Å². The molecule has 2 aromatic carbocycles. The van der Waals surface area contributed by atoms with E-state index >= 15 is 0 Å². The highest BCUT2D eigenvalue weighted by atomic mass is 32.2. The Morgan fingerprint density at radius 3 is 2.56 bits per heavy atom. The highest BCUT2D eigenvalue weighted by Gasteiger charge is 2.32.